The van der Waals surface area contributed by atoms with Gasteiger partial charge in [-0.15, -0.1) is 0 Å². The van der Waals surface area contributed by atoms with Gasteiger partial charge in [-0.25, -0.2) is 4.98 Å². The molecule has 2 aromatic carbocycles. The molecule has 1 aromatic heterocycles. The summed E-state index contributed by atoms with van der Waals surface area (Å²) in [4.78, 5) is 20.1. The first-order chi connectivity index (χ1) is 11.2. The van der Waals surface area contributed by atoms with E-state index in [1.54, 1.807) is 23.5 Å². The molecule has 0 spiro atoms. The van der Waals surface area contributed by atoms with Crippen LogP contribution in [0.4, 0.5) is 0 Å². The molecule has 0 aliphatic rings. The summed E-state index contributed by atoms with van der Waals surface area (Å²) in [6, 6.07) is 14.4. The van der Waals surface area contributed by atoms with Crippen molar-refractivity contribution in [3.05, 3.63) is 58.4 Å². The number of aromatic amines is 1. The summed E-state index contributed by atoms with van der Waals surface area (Å²) in [6.07, 6.45) is 2.70. The number of nitrogens with zero attached hydrogens (tertiary/aromatic N) is 1. The molecule has 0 bridgehead atoms. The second-order valence-corrected chi connectivity index (χ2v) is 7.32. The highest BCUT2D eigenvalue weighted by atomic mass is 32.2. The summed E-state index contributed by atoms with van der Waals surface area (Å²) in [6.45, 7) is 2.00. The van der Waals surface area contributed by atoms with Crippen LogP contribution in [0.2, 0.25) is 0 Å². The van der Waals surface area contributed by atoms with E-state index in [0.29, 0.717) is 11.6 Å². The van der Waals surface area contributed by atoms with Gasteiger partial charge in [0.1, 0.15) is 0 Å². The Hall–Kier alpha value is -1.72. The Kier molecular flexibility index (Phi) is 5.08. The first kappa shape index (κ1) is 16.1. The van der Waals surface area contributed by atoms with Gasteiger partial charge in [0.25, 0.3) is 5.56 Å². The van der Waals surface area contributed by atoms with Crippen molar-refractivity contribution in [2.24, 2.45) is 0 Å². The van der Waals surface area contributed by atoms with Crippen LogP contribution in [0.25, 0.3) is 22.0 Å². The van der Waals surface area contributed by atoms with Crippen LogP contribution in [-0.4, -0.2) is 21.3 Å². The standard InChI is InChI=1S/C18H18N2OS2/c1-3-13-16(19-18(20-17(13)21)23-11-22-2)15-10-6-8-12-7-4-5-9-14(12)15/h4-10H,3,11H2,1-2H3,(H,19,20,21). The third-order valence-corrected chi connectivity index (χ3v) is 5.59. The van der Waals surface area contributed by atoms with E-state index in [-0.39, 0.29) is 5.56 Å². The van der Waals surface area contributed by atoms with Crippen LogP contribution < -0.4 is 5.56 Å². The number of thioether (sulfide) groups is 2. The van der Waals surface area contributed by atoms with Gasteiger partial charge >= 0.3 is 0 Å². The van der Waals surface area contributed by atoms with Crippen molar-refractivity contribution in [3.63, 3.8) is 0 Å². The molecule has 0 atom stereocenters. The quantitative estimate of drug-likeness (QED) is 0.419. The van der Waals surface area contributed by atoms with Crippen molar-refractivity contribution in [2.45, 2.75) is 18.5 Å². The zero-order valence-corrected chi connectivity index (χ0v) is 14.8. The predicted octanol–water partition coefficient (Wildman–Crippen LogP) is 4.57. The summed E-state index contributed by atoms with van der Waals surface area (Å²) < 4.78 is 0. The van der Waals surface area contributed by atoms with Crippen LogP contribution in [0.15, 0.2) is 52.4 Å². The molecule has 0 saturated carbocycles. The van der Waals surface area contributed by atoms with Crippen molar-refractivity contribution in [1.82, 2.24) is 9.97 Å². The molecule has 1 N–H and O–H groups in total. The highest BCUT2D eigenvalue weighted by Crippen LogP contribution is 2.30. The lowest BCUT2D eigenvalue weighted by Crippen LogP contribution is -2.16. The molecular formula is C18H18N2OS2. The number of hydrogen-bond donors (Lipinski definition) is 1. The number of hydrogen-bond acceptors (Lipinski definition) is 4. The third-order valence-electron chi connectivity index (χ3n) is 3.71. The summed E-state index contributed by atoms with van der Waals surface area (Å²) in [5.41, 5.74) is 2.54. The molecule has 0 radical (unpaired) electrons. The van der Waals surface area contributed by atoms with E-state index in [4.69, 9.17) is 4.98 Å². The zero-order valence-electron chi connectivity index (χ0n) is 13.1. The normalized spacial score (nSPS) is 11.0. The maximum Gasteiger partial charge on any atom is 0.255 e. The van der Waals surface area contributed by atoms with Gasteiger partial charge < -0.3 is 4.98 Å². The number of H-pyrrole nitrogens is 1. The molecule has 0 aliphatic carbocycles. The van der Waals surface area contributed by atoms with Gasteiger partial charge in [-0.2, -0.15) is 11.8 Å². The van der Waals surface area contributed by atoms with Crippen molar-refractivity contribution in [1.29, 1.82) is 0 Å². The minimum absolute atomic E-state index is 0.0333. The SMILES string of the molecule is CCc1c(-c2cccc3ccccc23)nc(SCSC)[nH]c1=O. The van der Waals surface area contributed by atoms with Crippen LogP contribution in [0.3, 0.4) is 0 Å². The van der Waals surface area contributed by atoms with E-state index in [1.165, 1.54) is 0 Å². The molecule has 3 aromatic rings. The fourth-order valence-electron chi connectivity index (χ4n) is 2.64. The molecule has 0 aliphatic heterocycles. The van der Waals surface area contributed by atoms with E-state index in [9.17, 15) is 4.79 Å². The van der Waals surface area contributed by atoms with Crippen molar-refractivity contribution < 1.29 is 0 Å². The second kappa shape index (κ2) is 7.23. The first-order valence-corrected chi connectivity index (χ1v) is 9.85. The van der Waals surface area contributed by atoms with E-state index < -0.39 is 0 Å². The lowest BCUT2D eigenvalue weighted by atomic mass is 9.99. The molecule has 0 saturated heterocycles. The zero-order chi connectivity index (χ0) is 16.2. The molecular weight excluding hydrogens is 324 g/mol. The Balaban J connectivity index is 2.24. The summed E-state index contributed by atoms with van der Waals surface area (Å²) in [5.74, 6) is 0. The average Bonchev–Trinajstić information content (AvgIpc) is 2.59. The summed E-state index contributed by atoms with van der Waals surface area (Å²) in [7, 11) is 0. The molecule has 0 unspecified atom stereocenters. The third kappa shape index (κ3) is 3.31. The van der Waals surface area contributed by atoms with E-state index >= 15 is 0 Å². The minimum atomic E-state index is -0.0333. The molecule has 118 valence electrons. The Labute approximate surface area is 143 Å². The van der Waals surface area contributed by atoms with Gasteiger partial charge in [0.15, 0.2) is 5.16 Å². The number of benzene rings is 2. The fraction of sp³-hybridized carbons (Fsp3) is 0.222. The van der Waals surface area contributed by atoms with Crippen LogP contribution >= 0.6 is 23.5 Å². The number of aromatic nitrogens is 2. The lowest BCUT2D eigenvalue weighted by molar-refractivity contribution is 0.901. The Morgan fingerprint density at radius 1 is 1.13 bits per heavy atom. The molecule has 3 nitrogen and oxygen atoms in total. The molecule has 5 heteroatoms. The molecule has 0 fully saturated rings. The molecule has 1 heterocycles. The summed E-state index contributed by atoms with van der Waals surface area (Å²) in [5, 5.41) is 3.84. The van der Waals surface area contributed by atoms with Crippen LogP contribution in [0, 0.1) is 0 Å². The molecule has 3 rings (SSSR count). The number of rotatable bonds is 5. The van der Waals surface area contributed by atoms with Gasteiger partial charge in [0, 0.05) is 16.2 Å². The van der Waals surface area contributed by atoms with E-state index in [2.05, 4.69) is 23.2 Å². The highest BCUT2D eigenvalue weighted by molar-refractivity contribution is 8.15. The van der Waals surface area contributed by atoms with Crippen molar-refractivity contribution >= 4 is 34.3 Å². The Morgan fingerprint density at radius 2 is 1.91 bits per heavy atom. The predicted molar refractivity (Wildman–Crippen MR) is 101 cm³/mol. The van der Waals surface area contributed by atoms with E-state index in [1.807, 2.05) is 37.4 Å². The monoisotopic (exact) mass is 342 g/mol. The second-order valence-electron chi connectivity index (χ2n) is 5.13. The number of fused-ring (bicyclic) bond motifs is 1. The Bertz CT molecular complexity index is 884. The molecule has 0 amide bonds. The fourth-order valence-corrected chi connectivity index (χ4v) is 3.88. The van der Waals surface area contributed by atoms with Gasteiger partial charge in [-0.1, -0.05) is 61.2 Å². The lowest BCUT2D eigenvalue weighted by Gasteiger charge is -2.11. The smallest absolute Gasteiger partial charge is 0.255 e. The van der Waals surface area contributed by atoms with Gasteiger partial charge in [-0.3, -0.25) is 4.79 Å². The van der Waals surface area contributed by atoms with Gasteiger partial charge in [0.05, 0.1) is 5.69 Å². The van der Waals surface area contributed by atoms with Crippen molar-refractivity contribution in [2.75, 3.05) is 11.3 Å². The molecule has 23 heavy (non-hydrogen) atoms. The van der Waals surface area contributed by atoms with Crippen LogP contribution in [0.1, 0.15) is 12.5 Å². The maximum atomic E-state index is 12.4. The van der Waals surface area contributed by atoms with Crippen LogP contribution in [0.5, 0.6) is 0 Å². The minimum Gasteiger partial charge on any atom is -0.301 e. The number of nitrogens with one attached hydrogen (secondary N) is 1. The van der Waals surface area contributed by atoms with Gasteiger partial charge in [0.2, 0.25) is 0 Å². The average molecular weight is 342 g/mol. The largest absolute Gasteiger partial charge is 0.301 e. The van der Waals surface area contributed by atoms with Crippen LogP contribution in [-0.2, 0) is 6.42 Å². The maximum absolute atomic E-state index is 12.4. The first-order valence-electron chi connectivity index (χ1n) is 7.47. The van der Waals surface area contributed by atoms with Gasteiger partial charge in [-0.05, 0) is 23.4 Å². The summed E-state index contributed by atoms with van der Waals surface area (Å²) >= 11 is 3.28. The van der Waals surface area contributed by atoms with Crippen molar-refractivity contribution in [3.8, 4) is 11.3 Å². The Morgan fingerprint density at radius 3 is 2.70 bits per heavy atom. The topological polar surface area (TPSA) is 45.8 Å². The van der Waals surface area contributed by atoms with E-state index in [0.717, 1.165) is 32.7 Å². The highest BCUT2D eigenvalue weighted by Gasteiger charge is 2.14.